The van der Waals surface area contributed by atoms with Gasteiger partial charge in [0.15, 0.2) is 0 Å². The summed E-state index contributed by atoms with van der Waals surface area (Å²) in [6.45, 7) is 2.31. The molecule has 1 atom stereocenters. The van der Waals surface area contributed by atoms with E-state index >= 15 is 0 Å². The molecule has 27 heavy (non-hydrogen) atoms. The SMILES string of the molecule is COc1ccc(S(=O)(=O)NCC2CC(=O)N(c3ccc(F)cc3)C2)cc1C. The Hall–Kier alpha value is -2.45. The molecule has 1 fully saturated rings. The van der Waals surface area contributed by atoms with Crippen LogP contribution in [-0.2, 0) is 14.8 Å². The first-order chi connectivity index (χ1) is 12.8. The third kappa shape index (κ3) is 4.28. The molecule has 1 aliphatic rings. The van der Waals surface area contributed by atoms with Gasteiger partial charge < -0.3 is 9.64 Å². The molecule has 0 aliphatic carbocycles. The van der Waals surface area contributed by atoms with Crippen molar-refractivity contribution in [2.75, 3.05) is 25.1 Å². The molecule has 1 aliphatic heterocycles. The van der Waals surface area contributed by atoms with Crippen molar-refractivity contribution in [2.45, 2.75) is 18.2 Å². The van der Waals surface area contributed by atoms with Crippen molar-refractivity contribution in [1.29, 1.82) is 0 Å². The Labute approximate surface area is 158 Å². The number of ether oxygens (including phenoxy) is 1. The Bertz CT molecular complexity index is 945. The third-order valence-electron chi connectivity index (χ3n) is 4.58. The van der Waals surface area contributed by atoms with Crippen LogP contribution in [0.5, 0.6) is 5.75 Å². The van der Waals surface area contributed by atoms with Crippen LogP contribution in [0.2, 0.25) is 0 Å². The standard InChI is InChI=1S/C19H21FN2O4S/c1-13-9-17(7-8-18(13)26-2)27(24,25)21-11-14-10-19(23)22(12-14)16-5-3-15(20)4-6-16/h3-9,14,21H,10-12H2,1-2H3. The van der Waals surface area contributed by atoms with Gasteiger partial charge in [-0.15, -0.1) is 0 Å². The summed E-state index contributed by atoms with van der Waals surface area (Å²) >= 11 is 0. The number of hydrogen-bond donors (Lipinski definition) is 1. The number of halogens is 1. The van der Waals surface area contributed by atoms with Crippen LogP contribution in [0.15, 0.2) is 47.4 Å². The molecule has 144 valence electrons. The molecule has 1 heterocycles. The predicted octanol–water partition coefficient (Wildman–Crippen LogP) is 2.47. The van der Waals surface area contributed by atoms with Crippen LogP contribution in [0, 0.1) is 18.7 Å². The smallest absolute Gasteiger partial charge is 0.240 e. The molecular weight excluding hydrogens is 371 g/mol. The van der Waals surface area contributed by atoms with Gasteiger partial charge in [0.25, 0.3) is 0 Å². The van der Waals surface area contributed by atoms with E-state index in [1.54, 1.807) is 36.1 Å². The Balaban J connectivity index is 1.65. The van der Waals surface area contributed by atoms with E-state index in [0.717, 1.165) is 5.56 Å². The maximum atomic E-state index is 13.0. The second kappa shape index (κ2) is 7.66. The number of hydrogen-bond acceptors (Lipinski definition) is 4. The van der Waals surface area contributed by atoms with Crippen LogP contribution in [0.25, 0.3) is 0 Å². The minimum atomic E-state index is -3.69. The third-order valence-corrected chi connectivity index (χ3v) is 6.00. The second-order valence-electron chi connectivity index (χ2n) is 6.53. The lowest BCUT2D eigenvalue weighted by molar-refractivity contribution is -0.117. The van der Waals surface area contributed by atoms with Crippen LogP contribution in [-0.4, -0.2) is 34.5 Å². The van der Waals surface area contributed by atoms with E-state index in [9.17, 15) is 17.6 Å². The summed E-state index contributed by atoms with van der Waals surface area (Å²) in [5.74, 6) is -0.0162. The molecule has 3 rings (SSSR count). The number of anilines is 1. The lowest BCUT2D eigenvalue weighted by atomic mass is 10.1. The molecule has 0 saturated carbocycles. The Morgan fingerprint density at radius 2 is 1.93 bits per heavy atom. The van der Waals surface area contributed by atoms with Crippen molar-refractivity contribution < 1.29 is 22.3 Å². The lowest BCUT2D eigenvalue weighted by Gasteiger charge is -2.17. The van der Waals surface area contributed by atoms with Gasteiger partial charge in [-0.25, -0.2) is 17.5 Å². The average Bonchev–Trinajstić information content (AvgIpc) is 3.01. The Kier molecular flexibility index (Phi) is 5.48. The first-order valence-corrected chi connectivity index (χ1v) is 9.98. The van der Waals surface area contributed by atoms with E-state index in [0.29, 0.717) is 18.0 Å². The van der Waals surface area contributed by atoms with E-state index < -0.39 is 10.0 Å². The molecule has 6 nitrogen and oxygen atoms in total. The number of amides is 1. The number of nitrogens with zero attached hydrogens (tertiary/aromatic N) is 1. The fourth-order valence-electron chi connectivity index (χ4n) is 3.12. The summed E-state index contributed by atoms with van der Waals surface area (Å²) in [5, 5.41) is 0. The fourth-order valence-corrected chi connectivity index (χ4v) is 4.32. The molecule has 8 heteroatoms. The van der Waals surface area contributed by atoms with E-state index in [1.807, 2.05) is 0 Å². The minimum absolute atomic E-state index is 0.105. The zero-order chi connectivity index (χ0) is 19.6. The van der Waals surface area contributed by atoms with Crippen LogP contribution < -0.4 is 14.4 Å². The molecule has 0 aromatic heterocycles. The number of aryl methyl sites for hydroxylation is 1. The molecule has 0 radical (unpaired) electrons. The molecular formula is C19H21FN2O4S. The fraction of sp³-hybridized carbons (Fsp3) is 0.316. The summed E-state index contributed by atoms with van der Waals surface area (Å²) in [6, 6.07) is 10.3. The molecule has 1 amide bonds. The van der Waals surface area contributed by atoms with Gasteiger partial charge in [0.05, 0.1) is 12.0 Å². The molecule has 0 spiro atoms. The quantitative estimate of drug-likeness (QED) is 0.820. The van der Waals surface area contributed by atoms with Gasteiger partial charge in [0, 0.05) is 25.2 Å². The summed E-state index contributed by atoms with van der Waals surface area (Å²) in [5.41, 5.74) is 1.33. The van der Waals surface area contributed by atoms with Crippen LogP contribution in [0.4, 0.5) is 10.1 Å². The second-order valence-corrected chi connectivity index (χ2v) is 8.30. The highest BCUT2D eigenvalue weighted by Gasteiger charge is 2.31. The van der Waals surface area contributed by atoms with Gasteiger partial charge in [0.1, 0.15) is 11.6 Å². The van der Waals surface area contributed by atoms with Crippen molar-refractivity contribution in [3.63, 3.8) is 0 Å². The highest BCUT2D eigenvalue weighted by Crippen LogP contribution is 2.26. The van der Waals surface area contributed by atoms with Crippen LogP contribution in [0.3, 0.4) is 0 Å². The van der Waals surface area contributed by atoms with Crippen molar-refractivity contribution in [2.24, 2.45) is 5.92 Å². The summed E-state index contributed by atoms with van der Waals surface area (Å²) in [4.78, 5) is 13.9. The van der Waals surface area contributed by atoms with E-state index in [4.69, 9.17) is 4.74 Å². The molecule has 1 saturated heterocycles. The van der Waals surface area contributed by atoms with E-state index in [1.165, 1.54) is 25.3 Å². The number of nitrogens with one attached hydrogen (secondary N) is 1. The molecule has 0 bridgehead atoms. The topological polar surface area (TPSA) is 75.7 Å². The normalized spacial score (nSPS) is 17.4. The van der Waals surface area contributed by atoms with Crippen molar-refractivity contribution >= 4 is 21.6 Å². The minimum Gasteiger partial charge on any atom is -0.496 e. The van der Waals surface area contributed by atoms with Crippen molar-refractivity contribution in [3.8, 4) is 5.75 Å². The predicted molar refractivity (Wildman–Crippen MR) is 99.8 cm³/mol. The van der Waals surface area contributed by atoms with Gasteiger partial charge in [-0.05, 0) is 60.9 Å². The van der Waals surface area contributed by atoms with Gasteiger partial charge in [0.2, 0.25) is 15.9 Å². The maximum absolute atomic E-state index is 13.0. The first-order valence-electron chi connectivity index (χ1n) is 8.50. The summed E-state index contributed by atoms with van der Waals surface area (Å²) in [6.07, 6.45) is 0.238. The van der Waals surface area contributed by atoms with Crippen molar-refractivity contribution in [3.05, 3.63) is 53.8 Å². The zero-order valence-electron chi connectivity index (χ0n) is 15.1. The number of rotatable bonds is 6. The molecule has 2 aromatic rings. The largest absolute Gasteiger partial charge is 0.496 e. The van der Waals surface area contributed by atoms with Crippen molar-refractivity contribution in [1.82, 2.24) is 4.72 Å². The van der Waals surface area contributed by atoms with Gasteiger partial charge in [-0.2, -0.15) is 0 Å². The highest BCUT2D eigenvalue weighted by molar-refractivity contribution is 7.89. The number of carbonyl (C=O) groups excluding carboxylic acids is 1. The maximum Gasteiger partial charge on any atom is 0.240 e. The Morgan fingerprint density at radius 3 is 2.56 bits per heavy atom. The van der Waals surface area contributed by atoms with Crippen LogP contribution >= 0.6 is 0 Å². The monoisotopic (exact) mass is 392 g/mol. The first kappa shape index (κ1) is 19.3. The number of methoxy groups -OCH3 is 1. The number of benzene rings is 2. The zero-order valence-corrected chi connectivity index (χ0v) is 15.9. The molecule has 1 N–H and O–H groups in total. The van der Waals surface area contributed by atoms with Gasteiger partial charge >= 0.3 is 0 Å². The molecule has 2 aromatic carbocycles. The Morgan fingerprint density at radius 1 is 1.22 bits per heavy atom. The highest BCUT2D eigenvalue weighted by atomic mass is 32.2. The lowest BCUT2D eigenvalue weighted by Crippen LogP contribution is -2.31. The average molecular weight is 392 g/mol. The summed E-state index contributed by atoms with van der Waals surface area (Å²) < 4.78 is 45.8. The van der Waals surface area contributed by atoms with Gasteiger partial charge in [-0.1, -0.05) is 0 Å². The van der Waals surface area contributed by atoms with Crippen LogP contribution in [0.1, 0.15) is 12.0 Å². The summed E-state index contributed by atoms with van der Waals surface area (Å²) in [7, 11) is -2.16. The number of carbonyl (C=O) groups is 1. The van der Waals surface area contributed by atoms with Gasteiger partial charge in [-0.3, -0.25) is 4.79 Å². The van der Waals surface area contributed by atoms with E-state index in [2.05, 4.69) is 4.72 Å². The number of sulfonamides is 1. The van der Waals surface area contributed by atoms with E-state index in [-0.39, 0.29) is 35.5 Å². The molecule has 1 unspecified atom stereocenters.